The van der Waals surface area contributed by atoms with E-state index in [0.29, 0.717) is 36.9 Å². The summed E-state index contributed by atoms with van der Waals surface area (Å²) in [5.41, 5.74) is 0.172. The number of hydrogen-bond acceptors (Lipinski definition) is 6. The molecule has 0 radical (unpaired) electrons. The van der Waals surface area contributed by atoms with E-state index in [1.807, 2.05) is 23.1 Å². The topological polar surface area (TPSA) is 61.1 Å². The van der Waals surface area contributed by atoms with Crippen LogP contribution in [0, 0.1) is 0 Å². The van der Waals surface area contributed by atoms with Crippen molar-refractivity contribution in [3.63, 3.8) is 0 Å². The molecule has 1 aromatic heterocycles. The van der Waals surface area contributed by atoms with Crippen LogP contribution in [0.4, 0.5) is 13.2 Å². The summed E-state index contributed by atoms with van der Waals surface area (Å²) in [6.07, 6.45) is -3.21. The van der Waals surface area contributed by atoms with Crippen LogP contribution < -0.4 is 19.6 Å². The molecule has 0 saturated heterocycles. The van der Waals surface area contributed by atoms with Crippen LogP contribution in [-0.2, 0) is 19.1 Å². The Morgan fingerprint density at radius 3 is 2.45 bits per heavy atom. The smallest absolute Gasteiger partial charge is 0.450 e. The maximum Gasteiger partial charge on any atom is 0.450 e. The number of rotatable bonds is 7. The van der Waals surface area contributed by atoms with Gasteiger partial charge >= 0.3 is 6.18 Å². The molecule has 6 nitrogen and oxygen atoms in total. The number of halogens is 3. The van der Waals surface area contributed by atoms with Crippen molar-refractivity contribution in [3.8, 4) is 28.4 Å². The molecule has 0 amide bonds. The van der Waals surface area contributed by atoms with Crippen molar-refractivity contribution >= 4 is 11.0 Å². The number of alkyl halides is 3. The Morgan fingerprint density at radius 2 is 1.74 bits per heavy atom. The minimum atomic E-state index is -4.91. The lowest BCUT2D eigenvalue weighted by Crippen LogP contribution is -2.33. The molecule has 1 aliphatic heterocycles. The first-order chi connectivity index (χ1) is 18.3. The molecule has 0 fully saturated rings. The maximum atomic E-state index is 14.3. The second-order valence-corrected chi connectivity index (χ2v) is 9.04. The van der Waals surface area contributed by atoms with E-state index in [0.717, 1.165) is 12.8 Å². The van der Waals surface area contributed by atoms with E-state index < -0.39 is 22.9 Å². The lowest BCUT2D eigenvalue weighted by atomic mass is 9.99. The molecule has 0 atom stereocenters. The quantitative estimate of drug-likeness (QED) is 0.283. The Morgan fingerprint density at radius 1 is 0.974 bits per heavy atom. The summed E-state index contributed by atoms with van der Waals surface area (Å²) in [4.78, 5) is 15.5. The van der Waals surface area contributed by atoms with Gasteiger partial charge in [0.05, 0.1) is 30.7 Å². The van der Waals surface area contributed by atoms with Crippen LogP contribution >= 0.6 is 0 Å². The van der Waals surface area contributed by atoms with Gasteiger partial charge in [0.1, 0.15) is 18.1 Å². The first kappa shape index (κ1) is 25.7. The number of ether oxygens (including phenoxy) is 3. The Hall–Kier alpha value is -3.98. The van der Waals surface area contributed by atoms with Crippen LogP contribution in [-0.4, -0.2) is 32.4 Å². The highest BCUT2D eigenvalue weighted by Crippen LogP contribution is 2.41. The van der Waals surface area contributed by atoms with E-state index in [1.165, 1.54) is 44.0 Å². The molecule has 38 heavy (non-hydrogen) atoms. The van der Waals surface area contributed by atoms with Gasteiger partial charge in [-0.1, -0.05) is 36.4 Å². The second-order valence-electron chi connectivity index (χ2n) is 9.04. The van der Waals surface area contributed by atoms with Gasteiger partial charge in [-0.3, -0.25) is 9.69 Å². The van der Waals surface area contributed by atoms with Crippen molar-refractivity contribution in [2.75, 3.05) is 27.5 Å². The zero-order valence-electron chi connectivity index (χ0n) is 20.9. The lowest BCUT2D eigenvalue weighted by molar-refractivity contribution is -0.152. The van der Waals surface area contributed by atoms with Gasteiger partial charge in [-0.05, 0) is 48.2 Å². The summed E-state index contributed by atoms with van der Waals surface area (Å²) >= 11 is 0. The number of aryl methyl sites for hydroxylation is 1. The van der Waals surface area contributed by atoms with E-state index in [1.54, 1.807) is 6.07 Å². The molecule has 9 heteroatoms. The predicted molar refractivity (Wildman–Crippen MR) is 137 cm³/mol. The fourth-order valence-corrected chi connectivity index (χ4v) is 4.76. The average molecular weight is 526 g/mol. The number of nitrogens with zero attached hydrogens (tertiary/aromatic N) is 1. The number of benzene rings is 3. The minimum absolute atomic E-state index is 0.0159. The van der Waals surface area contributed by atoms with Crippen molar-refractivity contribution in [3.05, 3.63) is 87.8 Å². The normalized spacial score (nSPS) is 13.7. The minimum Gasteiger partial charge on any atom is -0.493 e. The SMILES string of the molecule is COc1ccc(-c2c(C(F)(F)F)oc3c4c(ccc3c2=O)OCN(CCCc2ccccc2)C4)cc1OC. The third kappa shape index (κ3) is 4.93. The molecule has 2 heterocycles. The molecule has 0 spiro atoms. The van der Waals surface area contributed by atoms with Crippen LogP contribution in [0.2, 0.25) is 0 Å². The molecule has 0 aliphatic carbocycles. The Labute approximate surface area is 217 Å². The number of fused-ring (bicyclic) bond motifs is 3. The standard InChI is InChI=1S/C29H26F3NO5/c1-35-23-12-10-19(15-24(23)36-2)25-26(34)20-11-13-22-21(27(20)38-28(25)29(30,31)32)16-33(17-37-22)14-6-9-18-7-4-3-5-8-18/h3-5,7-8,10-13,15H,6,9,14,16-17H2,1-2H3. The van der Waals surface area contributed by atoms with Gasteiger partial charge in [-0.2, -0.15) is 13.2 Å². The van der Waals surface area contributed by atoms with Crippen LogP contribution in [0.15, 0.2) is 69.9 Å². The summed E-state index contributed by atoms with van der Waals surface area (Å²) in [6.45, 7) is 1.27. The molecule has 0 saturated carbocycles. The van der Waals surface area contributed by atoms with Gasteiger partial charge in [0, 0.05) is 13.1 Å². The number of methoxy groups -OCH3 is 2. The molecule has 0 bridgehead atoms. The fraction of sp³-hybridized carbons (Fsp3) is 0.276. The van der Waals surface area contributed by atoms with Gasteiger partial charge in [0.25, 0.3) is 0 Å². The van der Waals surface area contributed by atoms with Gasteiger partial charge < -0.3 is 18.6 Å². The fourth-order valence-electron chi connectivity index (χ4n) is 4.76. The third-order valence-electron chi connectivity index (χ3n) is 6.62. The van der Waals surface area contributed by atoms with Crippen molar-refractivity contribution in [1.29, 1.82) is 0 Å². The predicted octanol–water partition coefficient (Wildman–Crippen LogP) is 6.28. The van der Waals surface area contributed by atoms with Gasteiger partial charge in [-0.15, -0.1) is 0 Å². The zero-order chi connectivity index (χ0) is 26.9. The Balaban J connectivity index is 1.54. The zero-order valence-corrected chi connectivity index (χ0v) is 20.9. The first-order valence-electron chi connectivity index (χ1n) is 12.1. The molecule has 0 N–H and O–H groups in total. The largest absolute Gasteiger partial charge is 0.493 e. The summed E-state index contributed by atoms with van der Waals surface area (Å²) in [7, 11) is 2.78. The Bertz CT molecular complexity index is 1520. The van der Waals surface area contributed by atoms with E-state index in [4.69, 9.17) is 18.6 Å². The summed E-state index contributed by atoms with van der Waals surface area (Å²) in [6, 6.07) is 17.3. The highest BCUT2D eigenvalue weighted by atomic mass is 19.4. The highest BCUT2D eigenvalue weighted by Gasteiger charge is 2.40. The molecule has 1 aliphatic rings. The molecule has 0 unspecified atom stereocenters. The average Bonchev–Trinajstić information content (AvgIpc) is 2.92. The van der Waals surface area contributed by atoms with Crippen LogP contribution in [0.25, 0.3) is 22.1 Å². The summed E-state index contributed by atoms with van der Waals surface area (Å²) < 4.78 is 64.6. The Kier molecular flexibility index (Phi) is 7.03. The number of hydrogen-bond donors (Lipinski definition) is 0. The second kappa shape index (κ2) is 10.4. The maximum absolute atomic E-state index is 14.3. The first-order valence-corrected chi connectivity index (χ1v) is 12.1. The van der Waals surface area contributed by atoms with Crippen molar-refractivity contribution in [2.24, 2.45) is 0 Å². The molecule has 3 aromatic carbocycles. The summed E-state index contributed by atoms with van der Waals surface area (Å²) in [5.74, 6) is -0.431. The molecule has 4 aromatic rings. The highest BCUT2D eigenvalue weighted by molar-refractivity contribution is 5.87. The van der Waals surface area contributed by atoms with Crippen molar-refractivity contribution < 1.29 is 31.8 Å². The van der Waals surface area contributed by atoms with E-state index >= 15 is 0 Å². The summed E-state index contributed by atoms with van der Waals surface area (Å²) in [5, 5.41) is 0.0521. The van der Waals surface area contributed by atoms with Crippen molar-refractivity contribution in [1.82, 2.24) is 4.90 Å². The monoisotopic (exact) mass is 525 g/mol. The third-order valence-corrected chi connectivity index (χ3v) is 6.62. The molecule has 5 rings (SSSR count). The molecular formula is C29H26F3NO5. The van der Waals surface area contributed by atoms with E-state index in [9.17, 15) is 18.0 Å². The van der Waals surface area contributed by atoms with E-state index in [-0.39, 0.29) is 22.3 Å². The van der Waals surface area contributed by atoms with Crippen LogP contribution in [0.5, 0.6) is 17.2 Å². The van der Waals surface area contributed by atoms with Gasteiger partial charge in [0.15, 0.2) is 11.5 Å². The van der Waals surface area contributed by atoms with Crippen LogP contribution in [0.3, 0.4) is 0 Å². The lowest BCUT2D eigenvalue weighted by Gasteiger charge is -2.29. The van der Waals surface area contributed by atoms with Gasteiger partial charge in [0.2, 0.25) is 11.2 Å². The molecule has 198 valence electrons. The van der Waals surface area contributed by atoms with Crippen LogP contribution in [0.1, 0.15) is 23.3 Å². The molecular weight excluding hydrogens is 499 g/mol. The van der Waals surface area contributed by atoms with Gasteiger partial charge in [-0.25, -0.2) is 0 Å². The van der Waals surface area contributed by atoms with E-state index in [2.05, 4.69) is 12.1 Å². The van der Waals surface area contributed by atoms with Crippen molar-refractivity contribution in [2.45, 2.75) is 25.6 Å².